The second-order valence-corrected chi connectivity index (χ2v) is 5.57. The number of fused-ring (bicyclic) bond motifs is 1. The first-order valence-electron chi connectivity index (χ1n) is 7.60. The molecule has 25 heavy (non-hydrogen) atoms. The number of benzene rings is 2. The number of rotatable bonds is 2. The average Bonchev–Trinajstić information content (AvgIpc) is 2.62. The number of aryl methyl sites for hydroxylation is 1. The van der Waals surface area contributed by atoms with Crippen LogP contribution in [0.4, 0.5) is 10.3 Å². The number of nitrogen functional groups attached to an aromatic ring is 1. The first-order chi connectivity index (χ1) is 12.1. The van der Waals surface area contributed by atoms with Gasteiger partial charge in [0.1, 0.15) is 23.5 Å². The van der Waals surface area contributed by atoms with Crippen LogP contribution in [-0.2, 0) is 0 Å². The molecule has 4 rings (SSSR count). The molecular weight excluding hydrogens is 319 g/mol. The summed E-state index contributed by atoms with van der Waals surface area (Å²) in [6.45, 7) is 1.92. The van der Waals surface area contributed by atoms with Crippen molar-refractivity contribution in [3.63, 3.8) is 0 Å². The molecule has 0 atom stereocenters. The van der Waals surface area contributed by atoms with E-state index in [1.807, 2.05) is 25.1 Å². The zero-order valence-electron chi connectivity index (χ0n) is 13.3. The van der Waals surface area contributed by atoms with Gasteiger partial charge < -0.3 is 5.73 Å². The van der Waals surface area contributed by atoms with Gasteiger partial charge in [-0.25, -0.2) is 19.3 Å². The maximum absolute atomic E-state index is 13.2. The lowest BCUT2D eigenvalue weighted by molar-refractivity contribution is 0.628. The first-order valence-corrected chi connectivity index (χ1v) is 7.60. The van der Waals surface area contributed by atoms with Crippen LogP contribution in [0.5, 0.6) is 0 Å². The molecular formula is C18H13FN6. The number of anilines is 1. The number of nitrogens with zero attached hydrogens (tertiary/aromatic N) is 5. The minimum atomic E-state index is -0.321. The standard InChI is InChI=1S/C18H13FN6/c1-10-14-8-12(4-7-15(14)22-9-21-10)17-16(23-18(20)25-24-17)11-2-5-13(19)6-3-11/h2-9H,1H3,(H2,20,23,25). The molecule has 2 aromatic carbocycles. The molecule has 0 radical (unpaired) electrons. The van der Waals surface area contributed by atoms with Crippen molar-refractivity contribution < 1.29 is 4.39 Å². The highest BCUT2D eigenvalue weighted by Crippen LogP contribution is 2.30. The number of nitrogens with two attached hydrogens (primary N) is 1. The van der Waals surface area contributed by atoms with Gasteiger partial charge in [0.15, 0.2) is 0 Å². The van der Waals surface area contributed by atoms with E-state index in [1.165, 1.54) is 18.5 Å². The molecule has 2 heterocycles. The van der Waals surface area contributed by atoms with Gasteiger partial charge in [0.2, 0.25) is 5.95 Å². The molecule has 0 saturated heterocycles. The van der Waals surface area contributed by atoms with Crippen LogP contribution in [0.1, 0.15) is 5.69 Å². The van der Waals surface area contributed by atoms with Gasteiger partial charge in [0.05, 0.1) is 5.52 Å². The topological polar surface area (TPSA) is 90.5 Å². The summed E-state index contributed by atoms with van der Waals surface area (Å²) in [5.74, 6) is -0.262. The number of hydrogen-bond acceptors (Lipinski definition) is 6. The van der Waals surface area contributed by atoms with Crippen LogP contribution >= 0.6 is 0 Å². The van der Waals surface area contributed by atoms with Gasteiger partial charge >= 0.3 is 0 Å². The zero-order valence-corrected chi connectivity index (χ0v) is 13.3. The fourth-order valence-electron chi connectivity index (χ4n) is 2.67. The van der Waals surface area contributed by atoms with E-state index in [2.05, 4.69) is 25.1 Å². The second-order valence-electron chi connectivity index (χ2n) is 5.57. The Bertz CT molecular complexity index is 1080. The van der Waals surface area contributed by atoms with Crippen molar-refractivity contribution in [3.05, 3.63) is 60.3 Å². The molecule has 122 valence electrons. The highest BCUT2D eigenvalue weighted by Gasteiger charge is 2.14. The Labute approximate surface area is 142 Å². The Kier molecular flexibility index (Phi) is 3.53. The summed E-state index contributed by atoms with van der Waals surface area (Å²) in [5.41, 5.74) is 10.0. The summed E-state index contributed by atoms with van der Waals surface area (Å²) >= 11 is 0. The second kappa shape index (κ2) is 5.86. The van der Waals surface area contributed by atoms with Crippen molar-refractivity contribution >= 4 is 16.9 Å². The monoisotopic (exact) mass is 332 g/mol. The number of aromatic nitrogens is 5. The van der Waals surface area contributed by atoms with Gasteiger partial charge in [-0.3, -0.25) is 0 Å². The fourth-order valence-corrected chi connectivity index (χ4v) is 2.67. The van der Waals surface area contributed by atoms with Crippen LogP contribution < -0.4 is 5.73 Å². The highest BCUT2D eigenvalue weighted by molar-refractivity contribution is 5.88. The molecule has 0 aliphatic heterocycles. The van der Waals surface area contributed by atoms with Crippen LogP contribution in [0.3, 0.4) is 0 Å². The highest BCUT2D eigenvalue weighted by atomic mass is 19.1. The Hall–Kier alpha value is -3.48. The molecule has 6 nitrogen and oxygen atoms in total. The van der Waals surface area contributed by atoms with E-state index in [0.717, 1.165) is 22.2 Å². The molecule has 2 N–H and O–H groups in total. The third kappa shape index (κ3) is 2.76. The van der Waals surface area contributed by atoms with Crippen molar-refractivity contribution in [2.75, 3.05) is 5.73 Å². The smallest absolute Gasteiger partial charge is 0.240 e. The Morgan fingerprint density at radius 3 is 2.44 bits per heavy atom. The van der Waals surface area contributed by atoms with E-state index in [9.17, 15) is 4.39 Å². The van der Waals surface area contributed by atoms with Gasteiger partial charge in [-0.05, 0) is 43.3 Å². The van der Waals surface area contributed by atoms with Gasteiger partial charge in [-0.1, -0.05) is 6.07 Å². The lowest BCUT2D eigenvalue weighted by Gasteiger charge is -2.09. The van der Waals surface area contributed by atoms with Crippen LogP contribution in [0.15, 0.2) is 48.8 Å². The molecule has 0 saturated carbocycles. The van der Waals surface area contributed by atoms with Crippen LogP contribution in [0.25, 0.3) is 33.4 Å². The molecule has 0 unspecified atom stereocenters. The largest absolute Gasteiger partial charge is 0.366 e. The van der Waals surface area contributed by atoms with Crippen molar-refractivity contribution in [1.29, 1.82) is 0 Å². The van der Waals surface area contributed by atoms with Crippen LogP contribution in [-0.4, -0.2) is 25.1 Å². The van der Waals surface area contributed by atoms with E-state index < -0.39 is 0 Å². The minimum Gasteiger partial charge on any atom is -0.366 e. The van der Waals surface area contributed by atoms with Crippen LogP contribution in [0, 0.1) is 12.7 Å². The van der Waals surface area contributed by atoms with Crippen molar-refractivity contribution in [1.82, 2.24) is 25.1 Å². The van der Waals surface area contributed by atoms with E-state index in [1.54, 1.807) is 12.1 Å². The average molecular weight is 332 g/mol. The summed E-state index contributed by atoms with van der Waals surface area (Å²) in [6.07, 6.45) is 1.53. The SMILES string of the molecule is Cc1ncnc2ccc(-c3nnc(N)nc3-c3ccc(F)cc3)cc12. The summed E-state index contributed by atoms with van der Waals surface area (Å²) < 4.78 is 13.2. The predicted molar refractivity (Wildman–Crippen MR) is 92.9 cm³/mol. The van der Waals surface area contributed by atoms with E-state index in [-0.39, 0.29) is 11.8 Å². The molecule has 4 aromatic rings. The molecule has 0 spiro atoms. The summed E-state index contributed by atoms with van der Waals surface area (Å²) in [4.78, 5) is 12.8. The molecule has 0 aliphatic rings. The normalized spacial score (nSPS) is 11.0. The molecule has 0 aliphatic carbocycles. The van der Waals surface area contributed by atoms with E-state index in [4.69, 9.17) is 5.73 Å². The zero-order chi connectivity index (χ0) is 17.4. The van der Waals surface area contributed by atoms with Gasteiger partial charge in [-0.2, -0.15) is 0 Å². The van der Waals surface area contributed by atoms with Crippen molar-refractivity contribution in [3.8, 4) is 22.5 Å². The first kappa shape index (κ1) is 15.1. The van der Waals surface area contributed by atoms with Crippen molar-refractivity contribution in [2.45, 2.75) is 6.92 Å². The maximum Gasteiger partial charge on any atom is 0.240 e. The third-order valence-corrected chi connectivity index (χ3v) is 3.93. The quantitative estimate of drug-likeness (QED) is 0.606. The van der Waals surface area contributed by atoms with E-state index >= 15 is 0 Å². The third-order valence-electron chi connectivity index (χ3n) is 3.93. The van der Waals surface area contributed by atoms with Gasteiger partial charge in [-0.15, -0.1) is 10.2 Å². The molecule has 0 bridgehead atoms. The fraction of sp³-hybridized carbons (Fsp3) is 0.0556. The molecule has 0 amide bonds. The molecule has 0 fully saturated rings. The summed E-state index contributed by atoms with van der Waals surface area (Å²) in [7, 11) is 0. The summed E-state index contributed by atoms with van der Waals surface area (Å²) in [5, 5.41) is 9.00. The number of hydrogen-bond donors (Lipinski definition) is 1. The molecule has 7 heteroatoms. The Morgan fingerprint density at radius 2 is 1.64 bits per heavy atom. The summed E-state index contributed by atoms with van der Waals surface area (Å²) in [6, 6.07) is 11.7. The number of halogens is 1. The predicted octanol–water partition coefficient (Wildman–Crippen LogP) is 3.18. The lowest BCUT2D eigenvalue weighted by Crippen LogP contribution is -2.02. The van der Waals surface area contributed by atoms with Crippen molar-refractivity contribution in [2.24, 2.45) is 0 Å². The van der Waals surface area contributed by atoms with Crippen LogP contribution in [0.2, 0.25) is 0 Å². The van der Waals surface area contributed by atoms with Gasteiger partial charge in [0, 0.05) is 22.2 Å². The lowest BCUT2D eigenvalue weighted by atomic mass is 10.0. The van der Waals surface area contributed by atoms with Gasteiger partial charge in [0.25, 0.3) is 0 Å². The minimum absolute atomic E-state index is 0.0587. The Balaban J connectivity index is 1.94. The Morgan fingerprint density at radius 1 is 0.880 bits per heavy atom. The van der Waals surface area contributed by atoms with E-state index in [0.29, 0.717) is 17.0 Å². The maximum atomic E-state index is 13.2. The molecule has 2 aromatic heterocycles.